The lowest BCUT2D eigenvalue weighted by atomic mass is 9.86. The monoisotopic (exact) mass is 700 g/mol. The van der Waals surface area contributed by atoms with E-state index in [0.717, 1.165) is 31.4 Å². The number of esters is 2. The number of cyclic esters (lactones) is 1. The predicted molar refractivity (Wildman–Crippen MR) is 186 cm³/mol. The molecule has 3 aliphatic heterocycles. The van der Waals surface area contributed by atoms with Crippen LogP contribution in [0.4, 0.5) is 4.79 Å². The minimum absolute atomic E-state index is 0.0180. The summed E-state index contributed by atoms with van der Waals surface area (Å²) in [7, 11) is 3.02. The Morgan fingerprint density at radius 3 is 2.58 bits per heavy atom. The summed E-state index contributed by atoms with van der Waals surface area (Å²) in [6.07, 6.45) is 17.2. The Morgan fingerprint density at radius 1 is 1.00 bits per heavy atom. The molecule has 12 nitrogen and oxygen atoms in total. The highest BCUT2D eigenvalue weighted by molar-refractivity contribution is 5.82. The lowest BCUT2D eigenvalue weighted by Gasteiger charge is -2.40. The Kier molecular flexibility index (Phi) is 16.0. The van der Waals surface area contributed by atoms with Crippen molar-refractivity contribution in [3.8, 4) is 0 Å². The number of hydrogen-bond acceptors (Lipinski definition) is 11. The number of aromatic nitrogens is 1. The van der Waals surface area contributed by atoms with Gasteiger partial charge in [0.1, 0.15) is 18.5 Å². The fraction of sp³-hybridized carbons (Fsp3) is 0.684. The molecule has 0 unspecified atom stereocenters. The molecule has 0 aliphatic carbocycles. The summed E-state index contributed by atoms with van der Waals surface area (Å²) in [5.74, 6) is 0.537. The van der Waals surface area contributed by atoms with E-state index in [4.69, 9.17) is 28.1 Å². The van der Waals surface area contributed by atoms with Gasteiger partial charge in [0.2, 0.25) is 5.89 Å². The number of rotatable bonds is 12. The van der Waals surface area contributed by atoms with Crippen LogP contribution in [0.2, 0.25) is 0 Å². The van der Waals surface area contributed by atoms with E-state index >= 15 is 0 Å². The number of carbonyl (C=O) groups excluding carboxylic acids is 3. The van der Waals surface area contributed by atoms with E-state index in [1.165, 1.54) is 13.2 Å². The van der Waals surface area contributed by atoms with Crippen molar-refractivity contribution in [1.29, 1.82) is 0 Å². The van der Waals surface area contributed by atoms with Crippen LogP contribution in [0, 0.1) is 11.8 Å². The largest absolute Gasteiger partial charge is 0.459 e. The Morgan fingerprint density at radius 2 is 1.80 bits per heavy atom. The van der Waals surface area contributed by atoms with Gasteiger partial charge in [0.05, 0.1) is 49.7 Å². The second-order valence-corrected chi connectivity index (χ2v) is 14.0. The number of nitrogens with zero attached hydrogens (tertiary/aromatic N) is 1. The third-order valence-corrected chi connectivity index (χ3v) is 9.35. The van der Waals surface area contributed by atoms with Gasteiger partial charge in [0.15, 0.2) is 0 Å². The first kappa shape index (κ1) is 39.3. The average molecular weight is 701 g/mol. The van der Waals surface area contributed by atoms with Gasteiger partial charge in [-0.15, -0.1) is 0 Å². The molecule has 0 radical (unpaired) electrons. The number of carbonyl (C=O) groups is 3. The van der Waals surface area contributed by atoms with Crippen LogP contribution < -0.4 is 5.32 Å². The van der Waals surface area contributed by atoms with Crippen LogP contribution in [0.3, 0.4) is 0 Å². The van der Waals surface area contributed by atoms with Crippen molar-refractivity contribution in [1.82, 2.24) is 10.3 Å². The molecule has 278 valence electrons. The van der Waals surface area contributed by atoms with Crippen molar-refractivity contribution in [2.45, 2.75) is 134 Å². The maximum absolute atomic E-state index is 13.3. The van der Waals surface area contributed by atoms with Crippen LogP contribution >= 0.6 is 0 Å². The summed E-state index contributed by atoms with van der Waals surface area (Å²) < 4.78 is 40.8. The second-order valence-electron chi connectivity index (χ2n) is 14.0. The molecule has 50 heavy (non-hydrogen) atoms. The van der Waals surface area contributed by atoms with E-state index in [-0.39, 0.29) is 49.5 Å². The molecule has 0 aromatic carbocycles. The minimum atomic E-state index is -0.517. The number of oxazole rings is 1. The molecule has 4 heterocycles. The number of amides is 1. The van der Waals surface area contributed by atoms with Crippen LogP contribution in [-0.2, 0) is 44.4 Å². The Hall–Kier alpha value is -3.48. The maximum Gasteiger partial charge on any atom is 0.407 e. The average Bonchev–Trinajstić information content (AvgIpc) is 3.52. The predicted octanol–water partition coefficient (Wildman–Crippen LogP) is 6.28. The van der Waals surface area contributed by atoms with Gasteiger partial charge < -0.3 is 38.2 Å². The third kappa shape index (κ3) is 13.7. The van der Waals surface area contributed by atoms with Crippen LogP contribution in [0.15, 0.2) is 41.1 Å². The van der Waals surface area contributed by atoms with Gasteiger partial charge in [-0.2, -0.15) is 0 Å². The lowest BCUT2D eigenvalue weighted by molar-refractivity contribution is -0.171. The number of ether oxygens (including phenoxy) is 6. The molecule has 3 aliphatic rings. The Labute approximate surface area is 296 Å². The third-order valence-electron chi connectivity index (χ3n) is 9.35. The van der Waals surface area contributed by atoms with E-state index in [1.54, 1.807) is 31.6 Å². The van der Waals surface area contributed by atoms with Crippen molar-refractivity contribution in [3.05, 3.63) is 48.2 Å². The zero-order valence-electron chi connectivity index (χ0n) is 30.3. The summed E-state index contributed by atoms with van der Waals surface area (Å²) in [6, 6.07) is 0. The Balaban J connectivity index is 1.34. The first-order valence-electron chi connectivity index (χ1n) is 18.1. The molecule has 0 spiro atoms. The van der Waals surface area contributed by atoms with E-state index in [9.17, 15) is 14.4 Å². The van der Waals surface area contributed by atoms with E-state index in [0.29, 0.717) is 56.3 Å². The van der Waals surface area contributed by atoms with Crippen molar-refractivity contribution in [2.24, 2.45) is 11.8 Å². The molecule has 3 saturated heterocycles. The van der Waals surface area contributed by atoms with Gasteiger partial charge in [-0.25, -0.2) is 14.6 Å². The molecule has 0 saturated carbocycles. The van der Waals surface area contributed by atoms with E-state index < -0.39 is 24.3 Å². The number of nitrogens with one attached hydrogen (secondary N) is 1. The topological polar surface area (TPSA) is 145 Å². The molecule has 1 amide bonds. The summed E-state index contributed by atoms with van der Waals surface area (Å²) >= 11 is 0. The molecule has 1 aromatic heterocycles. The molecule has 1 aromatic rings. The number of allylic oxidation sites excluding steroid dienone is 2. The highest BCUT2D eigenvalue weighted by atomic mass is 16.6. The van der Waals surface area contributed by atoms with Gasteiger partial charge in [-0.1, -0.05) is 39.0 Å². The molecule has 12 heteroatoms. The molecular formula is C38H56N2O10. The van der Waals surface area contributed by atoms with E-state index in [1.807, 2.05) is 6.08 Å². The molecular weight excluding hydrogens is 644 g/mol. The molecule has 1 N–H and O–H groups in total. The van der Waals surface area contributed by atoms with Gasteiger partial charge >= 0.3 is 18.0 Å². The highest BCUT2D eigenvalue weighted by Crippen LogP contribution is 2.34. The molecule has 4 rings (SSSR count). The number of methoxy groups -OCH3 is 2. The zero-order valence-corrected chi connectivity index (χ0v) is 30.3. The van der Waals surface area contributed by atoms with Crippen LogP contribution in [-0.4, -0.2) is 86.5 Å². The van der Waals surface area contributed by atoms with Crippen LogP contribution in [0.25, 0.3) is 6.08 Å². The lowest BCUT2D eigenvalue weighted by Crippen LogP contribution is -2.43. The maximum atomic E-state index is 13.3. The molecule has 8 atom stereocenters. The van der Waals surface area contributed by atoms with Crippen molar-refractivity contribution in [2.75, 3.05) is 20.8 Å². The first-order chi connectivity index (χ1) is 24.1. The van der Waals surface area contributed by atoms with Crippen molar-refractivity contribution < 1.29 is 47.2 Å². The molecule has 4 bridgehead atoms. The standard InChI is InChI=1S/C38H56N2O10/c1-25(2)10-8-12-28-18-29-16-15-26(3)34(48-29)22-30(44-4)19-31-20-32(21-33(47-31)23-37(42)49-28)50-36(41)14-7-6-11-27-24-46-35(40-27)13-9-17-39-38(43)45-5/h7-9,12-14,24-26,28-34H,6,10-11,15-23H2,1-5H3,(H,39,43)/t26-,28-,29-,30-,31+,32+,33+,34+/m0/s1. The van der Waals surface area contributed by atoms with Crippen molar-refractivity contribution >= 4 is 24.1 Å². The van der Waals surface area contributed by atoms with E-state index in [2.05, 4.69) is 41.9 Å². The van der Waals surface area contributed by atoms with Crippen LogP contribution in [0.1, 0.15) is 96.6 Å². The first-order valence-corrected chi connectivity index (χ1v) is 18.1. The fourth-order valence-corrected chi connectivity index (χ4v) is 6.66. The second kappa shape index (κ2) is 20.4. The summed E-state index contributed by atoms with van der Waals surface area (Å²) in [4.78, 5) is 41.7. The van der Waals surface area contributed by atoms with Crippen molar-refractivity contribution in [3.63, 3.8) is 0 Å². The van der Waals surface area contributed by atoms with Gasteiger partial charge in [-0.05, 0) is 62.5 Å². The normalized spacial score (nSPS) is 29.6. The summed E-state index contributed by atoms with van der Waals surface area (Å²) in [6.45, 7) is 6.83. The zero-order chi connectivity index (χ0) is 35.9. The number of fused-ring (bicyclic) bond motifs is 4. The highest BCUT2D eigenvalue weighted by Gasteiger charge is 2.38. The van der Waals surface area contributed by atoms with Gasteiger partial charge in [0, 0.05) is 45.4 Å². The van der Waals surface area contributed by atoms with Crippen LogP contribution in [0.5, 0.6) is 0 Å². The number of aryl methyl sites for hydroxylation is 1. The SMILES string of the molecule is COC(=O)NCC=Cc1nc(CCC=CC(=O)O[C@@H]2C[C@H]3C[C@H](OC)C[C@H]4O[C@@H](CC[C@@H]4C)C[C@H](C=CCC(C)C)OC(=O)C[C@@H](C2)O3)co1. The summed E-state index contributed by atoms with van der Waals surface area (Å²) in [5, 5.41) is 2.54. The Bertz CT molecular complexity index is 1310. The molecule has 3 fully saturated rings. The van der Waals surface area contributed by atoms with Gasteiger partial charge in [-0.3, -0.25) is 4.79 Å². The summed E-state index contributed by atoms with van der Waals surface area (Å²) in [5.41, 5.74) is 0.735. The number of alkyl carbamates (subject to hydrolysis) is 1. The number of hydrogen-bond donors (Lipinski definition) is 1. The minimum Gasteiger partial charge on any atom is -0.459 e. The smallest absolute Gasteiger partial charge is 0.407 e. The quantitative estimate of drug-likeness (QED) is 0.114. The fourth-order valence-electron chi connectivity index (χ4n) is 6.66. The van der Waals surface area contributed by atoms with Gasteiger partial charge in [0.25, 0.3) is 0 Å².